The number of oxazole rings is 1. The Hall–Kier alpha value is -1.31. The van der Waals surface area contributed by atoms with Crippen LogP contribution in [0.4, 0.5) is 0 Å². The van der Waals surface area contributed by atoms with E-state index in [4.69, 9.17) is 4.42 Å². The molecule has 13 heavy (non-hydrogen) atoms. The van der Waals surface area contributed by atoms with Crippen molar-refractivity contribution in [2.75, 3.05) is 0 Å². The van der Waals surface area contributed by atoms with E-state index in [2.05, 4.69) is 4.98 Å². The first-order chi connectivity index (χ1) is 4.86. The predicted octanol–water partition coefficient (Wildman–Crippen LogP) is 4.04. The van der Waals surface area contributed by atoms with Gasteiger partial charge in [-0.15, -0.1) is 0 Å². The summed E-state index contributed by atoms with van der Waals surface area (Å²) in [4.78, 5) is 4.15. The zero-order chi connectivity index (χ0) is 6.97. The molecule has 0 saturated carbocycles. The molecule has 0 saturated heterocycles. The van der Waals surface area contributed by atoms with Gasteiger partial charge in [-0.25, -0.2) is 4.98 Å². The fourth-order valence-corrected chi connectivity index (χ4v) is 0.987. The fourth-order valence-electron chi connectivity index (χ4n) is 0.987. The molecule has 0 aliphatic rings. The lowest BCUT2D eigenvalue weighted by Gasteiger charge is -1.79. The van der Waals surface area contributed by atoms with Crippen LogP contribution in [0.1, 0.15) is 28.2 Å². The van der Waals surface area contributed by atoms with Gasteiger partial charge in [-0.1, -0.05) is 34.4 Å². The summed E-state index contributed by atoms with van der Waals surface area (Å²) in [5, 5.41) is 0. The SMILES string of the molecule is C.C.C.Cc1nc2ccccc2o1. The maximum Gasteiger partial charge on any atom is 0.192 e. The Bertz CT molecular complexity index is 319. The quantitative estimate of drug-likeness (QED) is 0.613. The minimum absolute atomic E-state index is 0. The molecule has 0 aliphatic carbocycles. The molecule has 0 N–H and O–H groups in total. The molecule has 0 unspecified atom stereocenters. The number of aromatic nitrogens is 1. The topological polar surface area (TPSA) is 26.0 Å². The van der Waals surface area contributed by atoms with Crippen LogP contribution < -0.4 is 0 Å². The summed E-state index contributed by atoms with van der Waals surface area (Å²) in [6.07, 6.45) is 0. The first-order valence-corrected chi connectivity index (χ1v) is 3.18. The van der Waals surface area contributed by atoms with Gasteiger partial charge in [0.25, 0.3) is 0 Å². The Labute approximate surface area is 80.6 Å². The Morgan fingerprint density at radius 2 is 1.69 bits per heavy atom. The summed E-state index contributed by atoms with van der Waals surface area (Å²) in [6.45, 7) is 1.85. The molecule has 0 spiro atoms. The average molecular weight is 181 g/mol. The molecule has 74 valence electrons. The molecule has 0 bridgehead atoms. The van der Waals surface area contributed by atoms with Gasteiger partial charge in [-0.3, -0.25) is 0 Å². The number of hydrogen-bond acceptors (Lipinski definition) is 2. The molecule has 0 radical (unpaired) electrons. The third-order valence-corrected chi connectivity index (χ3v) is 1.40. The van der Waals surface area contributed by atoms with E-state index >= 15 is 0 Å². The second-order valence-electron chi connectivity index (χ2n) is 2.20. The average Bonchev–Trinajstić information content (AvgIpc) is 2.27. The summed E-state index contributed by atoms with van der Waals surface area (Å²) in [5.74, 6) is 0.723. The molecule has 2 rings (SSSR count). The van der Waals surface area contributed by atoms with Gasteiger partial charge in [0.1, 0.15) is 5.52 Å². The van der Waals surface area contributed by atoms with Crippen LogP contribution in [0, 0.1) is 6.92 Å². The summed E-state index contributed by atoms with van der Waals surface area (Å²) < 4.78 is 5.26. The van der Waals surface area contributed by atoms with E-state index in [0.29, 0.717) is 0 Å². The molecule has 1 heterocycles. The van der Waals surface area contributed by atoms with Crippen LogP contribution in [0.3, 0.4) is 0 Å². The monoisotopic (exact) mass is 181 g/mol. The van der Waals surface area contributed by atoms with Crippen molar-refractivity contribution >= 4 is 11.1 Å². The second-order valence-corrected chi connectivity index (χ2v) is 2.20. The number of benzene rings is 1. The maximum absolute atomic E-state index is 5.26. The van der Waals surface area contributed by atoms with Gasteiger partial charge in [0, 0.05) is 6.92 Å². The number of fused-ring (bicyclic) bond motifs is 1. The van der Waals surface area contributed by atoms with E-state index < -0.39 is 0 Å². The first-order valence-electron chi connectivity index (χ1n) is 3.18. The lowest BCUT2D eigenvalue weighted by molar-refractivity contribution is 0.561. The van der Waals surface area contributed by atoms with Crippen molar-refractivity contribution in [1.82, 2.24) is 4.98 Å². The second kappa shape index (κ2) is 5.36. The standard InChI is InChI=1S/C8H7NO.3CH4/c1-6-9-7-4-2-3-5-8(7)10-6;;;/h2-5H,1H3;3*1H4. The minimum atomic E-state index is 0. The molecule has 2 aromatic rings. The van der Waals surface area contributed by atoms with E-state index in [-0.39, 0.29) is 22.3 Å². The largest absolute Gasteiger partial charge is 0.441 e. The van der Waals surface area contributed by atoms with Gasteiger partial charge in [-0.05, 0) is 12.1 Å². The molecule has 1 aromatic carbocycles. The van der Waals surface area contributed by atoms with Crippen molar-refractivity contribution in [3.63, 3.8) is 0 Å². The number of rotatable bonds is 0. The van der Waals surface area contributed by atoms with Crippen molar-refractivity contribution in [3.8, 4) is 0 Å². The molecular weight excluding hydrogens is 162 g/mol. The number of hydrogen-bond donors (Lipinski definition) is 0. The molecule has 0 aliphatic heterocycles. The number of nitrogens with zero attached hydrogens (tertiary/aromatic N) is 1. The third kappa shape index (κ3) is 2.58. The lowest BCUT2D eigenvalue weighted by atomic mass is 10.3. The van der Waals surface area contributed by atoms with Gasteiger partial charge in [0.2, 0.25) is 0 Å². The van der Waals surface area contributed by atoms with Crippen molar-refractivity contribution < 1.29 is 4.42 Å². The summed E-state index contributed by atoms with van der Waals surface area (Å²) in [6, 6.07) is 7.73. The summed E-state index contributed by atoms with van der Waals surface area (Å²) in [5.41, 5.74) is 1.79. The zero-order valence-electron chi connectivity index (χ0n) is 5.66. The Morgan fingerprint density at radius 1 is 1.08 bits per heavy atom. The van der Waals surface area contributed by atoms with Crippen LogP contribution in [-0.2, 0) is 0 Å². The number of aryl methyl sites for hydroxylation is 1. The van der Waals surface area contributed by atoms with Gasteiger partial charge < -0.3 is 4.42 Å². The van der Waals surface area contributed by atoms with Gasteiger partial charge in [0.15, 0.2) is 11.5 Å². The maximum atomic E-state index is 5.26. The zero-order valence-corrected chi connectivity index (χ0v) is 5.66. The molecular formula is C11H19NO. The Morgan fingerprint density at radius 3 is 2.31 bits per heavy atom. The molecule has 1 aromatic heterocycles. The van der Waals surface area contributed by atoms with Crippen LogP contribution in [0.15, 0.2) is 28.7 Å². The highest BCUT2D eigenvalue weighted by molar-refractivity contribution is 5.71. The highest BCUT2D eigenvalue weighted by Gasteiger charge is 1.97. The van der Waals surface area contributed by atoms with Crippen LogP contribution in [-0.4, -0.2) is 4.98 Å². The van der Waals surface area contributed by atoms with Gasteiger partial charge in [-0.2, -0.15) is 0 Å². The highest BCUT2D eigenvalue weighted by atomic mass is 16.3. The van der Waals surface area contributed by atoms with Crippen LogP contribution in [0.25, 0.3) is 11.1 Å². The van der Waals surface area contributed by atoms with E-state index in [0.717, 1.165) is 17.0 Å². The lowest BCUT2D eigenvalue weighted by Crippen LogP contribution is -1.65. The third-order valence-electron chi connectivity index (χ3n) is 1.40. The first kappa shape index (κ1) is 14.2. The van der Waals surface area contributed by atoms with Crippen LogP contribution in [0.5, 0.6) is 0 Å². The number of para-hydroxylation sites is 2. The smallest absolute Gasteiger partial charge is 0.192 e. The van der Waals surface area contributed by atoms with E-state index in [1.807, 2.05) is 31.2 Å². The molecule has 0 fully saturated rings. The van der Waals surface area contributed by atoms with Gasteiger partial charge >= 0.3 is 0 Å². The molecule has 2 heteroatoms. The predicted molar refractivity (Wildman–Crippen MR) is 58.9 cm³/mol. The Balaban J connectivity index is 0. The van der Waals surface area contributed by atoms with Gasteiger partial charge in [0.05, 0.1) is 0 Å². The Kier molecular flexibility index (Phi) is 5.86. The fraction of sp³-hybridized carbons (Fsp3) is 0.364. The van der Waals surface area contributed by atoms with E-state index in [9.17, 15) is 0 Å². The normalized spacial score (nSPS) is 8.08. The van der Waals surface area contributed by atoms with E-state index in [1.54, 1.807) is 0 Å². The molecule has 2 nitrogen and oxygen atoms in total. The molecule has 0 atom stereocenters. The van der Waals surface area contributed by atoms with Crippen molar-refractivity contribution in [1.29, 1.82) is 0 Å². The van der Waals surface area contributed by atoms with Crippen molar-refractivity contribution in [2.24, 2.45) is 0 Å². The van der Waals surface area contributed by atoms with Crippen molar-refractivity contribution in [2.45, 2.75) is 29.2 Å². The highest BCUT2D eigenvalue weighted by Crippen LogP contribution is 2.12. The van der Waals surface area contributed by atoms with Crippen LogP contribution in [0.2, 0.25) is 0 Å². The summed E-state index contributed by atoms with van der Waals surface area (Å²) in [7, 11) is 0. The van der Waals surface area contributed by atoms with E-state index in [1.165, 1.54) is 0 Å². The van der Waals surface area contributed by atoms with Crippen molar-refractivity contribution in [3.05, 3.63) is 30.2 Å². The molecule has 0 amide bonds. The van der Waals surface area contributed by atoms with Crippen LogP contribution >= 0.6 is 0 Å². The summed E-state index contributed by atoms with van der Waals surface area (Å²) >= 11 is 0. The minimum Gasteiger partial charge on any atom is -0.441 e.